The molecule has 0 unspecified atom stereocenters. The number of hydrogen-bond donors (Lipinski definition) is 0. The Hall–Kier alpha value is -2.83. The SMILES string of the molecule is CCN(CC)C(=O)C1CCN(C(=O)c2ccc(OCc3c(C)noc3C)cc2)CC1. The molecular weight excluding hydrogens is 382 g/mol. The highest BCUT2D eigenvalue weighted by molar-refractivity contribution is 5.94. The van der Waals surface area contributed by atoms with Crippen molar-refractivity contribution >= 4 is 11.8 Å². The maximum absolute atomic E-state index is 12.8. The van der Waals surface area contributed by atoms with Crippen LogP contribution in [-0.2, 0) is 11.4 Å². The lowest BCUT2D eigenvalue weighted by atomic mass is 9.94. The quantitative estimate of drug-likeness (QED) is 0.693. The first kappa shape index (κ1) is 21.9. The monoisotopic (exact) mass is 413 g/mol. The molecule has 1 aromatic heterocycles. The minimum atomic E-state index is 0.000937. The van der Waals surface area contributed by atoms with Crippen LogP contribution in [0.1, 0.15) is 54.1 Å². The Balaban J connectivity index is 1.53. The summed E-state index contributed by atoms with van der Waals surface area (Å²) in [7, 11) is 0. The molecule has 0 aliphatic carbocycles. The van der Waals surface area contributed by atoms with Gasteiger partial charge in [-0.2, -0.15) is 0 Å². The van der Waals surface area contributed by atoms with Crippen molar-refractivity contribution in [3.05, 3.63) is 46.8 Å². The summed E-state index contributed by atoms with van der Waals surface area (Å²) >= 11 is 0. The molecule has 0 spiro atoms. The van der Waals surface area contributed by atoms with Gasteiger partial charge in [0.1, 0.15) is 18.1 Å². The van der Waals surface area contributed by atoms with Crippen molar-refractivity contribution < 1.29 is 18.8 Å². The van der Waals surface area contributed by atoms with E-state index in [4.69, 9.17) is 9.26 Å². The third-order valence-electron chi connectivity index (χ3n) is 5.87. The average molecular weight is 414 g/mol. The number of nitrogens with zero attached hydrogens (tertiary/aromatic N) is 3. The molecule has 0 radical (unpaired) electrons. The molecule has 7 nitrogen and oxygen atoms in total. The largest absolute Gasteiger partial charge is 0.489 e. The number of benzene rings is 1. The summed E-state index contributed by atoms with van der Waals surface area (Å²) in [6, 6.07) is 7.19. The highest BCUT2D eigenvalue weighted by atomic mass is 16.5. The predicted octanol–water partition coefficient (Wildman–Crippen LogP) is 3.59. The number of carbonyl (C=O) groups excluding carboxylic acids is 2. The molecule has 1 fully saturated rings. The Morgan fingerprint density at radius 2 is 1.77 bits per heavy atom. The van der Waals surface area contributed by atoms with E-state index in [1.165, 1.54) is 0 Å². The van der Waals surface area contributed by atoms with E-state index in [1.54, 1.807) is 12.1 Å². The normalized spacial score (nSPS) is 14.6. The fraction of sp³-hybridized carbons (Fsp3) is 0.522. The van der Waals surface area contributed by atoms with Gasteiger partial charge in [-0.15, -0.1) is 0 Å². The van der Waals surface area contributed by atoms with E-state index < -0.39 is 0 Å². The highest BCUT2D eigenvalue weighted by Crippen LogP contribution is 2.23. The maximum Gasteiger partial charge on any atom is 0.253 e. The number of ether oxygens (including phenoxy) is 1. The molecule has 0 N–H and O–H groups in total. The van der Waals surface area contributed by atoms with Gasteiger partial charge in [0.05, 0.1) is 11.3 Å². The molecule has 1 aliphatic rings. The summed E-state index contributed by atoms with van der Waals surface area (Å²) in [5, 5.41) is 3.92. The Morgan fingerprint density at radius 3 is 2.30 bits per heavy atom. The lowest BCUT2D eigenvalue weighted by Gasteiger charge is -2.33. The van der Waals surface area contributed by atoms with Crippen LogP contribution in [0.25, 0.3) is 0 Å². The number of amides is 2. The molecule has 162 valence electrons. The number of rotatable bonds is 7. The topological polar surface area (TPSA) is 75.9 Å². The second-order valence-electron chi connectivity index (χ2n) is 7.69. The fourth-order valence-electron chi connectivity index (χ4n) is 3.86. The number of carbonyl (C=O) groups is 2. The van der Waals surface area contributed by atoms with Gasteiger partial charge in [0.25, 0.3) is 5.91 Å². The first-order chi connectivity index (χ1) is 14.4. The number of aromatic nitrogens is 1. The molecule has 2 aromatic rings. The van der Waals surface area contributed by atoms with Crippen molar-refractivity contribution in [3.8, 4) is 5.75 Å². The second kappa shape index (κ2) is 9.78. The van der Waals surface area contributed by atoms with Gasteiger partial charge in [0, 0.05) is 37.7 Å². The number of piperidine rings is 1. The molecular formula is C23H31N3O4. The minimum Gasteiger partial charge on any atom is -0.489 e. The molecule has 3 rings (SSSR count). The molecule has 0 saturated carbocycles. The van der Waals surface area contributed by atoms with Gasteiger partial charge in [-0.25, -0.2) is 0 Å². The number of hydrogen-bond acceptors (Lipinski definition) is 5. The molecule has 30 heavy (non-hydrogen) atoms. The second-order valence-corrected chi connectivity index (χ2v) is 7.69. The van der Waals surface area contributed by atoms with Crippen LogP contribution < -0.4 is 4.74 Å². The fourth-order valence-corrected chi connectivity index (χ4v) is 3.86. The van der Waals surface area contributed by atoms with Crippen LogP contribution in [0.4, 0.5) is 0 Å². The Morgan fingerprint density at radius 1 is 1.13 bits per heavy atom. The lowest BCUT2D eigenvalue weighted by Crippen LogP contribution is -2.44. The van der Waals surface area contributed by atoms with Crippen molar-refractivity contribution in [2.45, 2.75) is 47.1 Å². The van der Waals surface area contributed by atoms with Gasteiger partial charge in [0.2, 0.25) is 5.91 Å². The standard InChI is InChI=1S/C23H31N3O4/c1-5-25(6-2)22(27)19-11-13-26(14-12-19)23(28)18-7-9-20(10-8-18)29-15-21-16(3)24-30-17(21)4/h7-10,19H,5-6,11-15H2,1-4H3. The van der Waals surface area contributed by atoms with Crippen LogP contribution >= 0.6 is 0 Å². The summed E-state index contributed by atoms with van der Waals surface area (Å²) in [5.74, 6) is 1.68. The molecule has 1 aliphatic heterocycles. The van der Waals surface area contributed by atoms with E-state index in [1.807, 2.05) is 49.6 Å². The number of likely N-dealkylation sites (tertiary alicyclic amines) is 1. The van der Waals surface area contributed by atoms with Gasteiger partial charge >= 0.3 is 0 Å². The van der Waals surface area contributed by atoms with Crippen LogP contribution in [0.3, 0.4) is 0 Å². The summed E-state index contributed by atoms with van der Waals surface area (Å²) in [6.45, 7) is 10.8. The van der Waals surface area contributed by atoms with Gasteiger partial charge in [-0.1, -0.05) is 5.16 Å². The third kappa shape index (κ3) is 4.83. The summed E-state index contributed by atoms with van der Waals surface area (Å²) in [6.07, 6.45) is 1.44. The molecule has 2 heterocycles. The van der Waals surface area contributed by atoms with E-state index in [0.717, 1.165) is 42.9 Å². The van der Waals surface area contributed by atoms with Crippen LogP contribution in [0.2, 0.25) is 0 Å². The molecule has 7 heteroatoms. The molecule has 1 saturated heterocycles. The predicted molar refractivity (Wildman–Crippen MR) is 113 cm³/mol. The van der Waals surface area contributed by atoms with Crippen molar-refractivity contribution in [2.24, 2.45) is 5.92 Å². The summed E-state index contributed by atoms with van der Waals surface area (Å²) < 4.78 is 11.0. The van der Waals surface area contributed by atoms with E-state index in [0.29, 0.717) is 31.0 Å². The van der Waals surface area contributed by atoms with Gasteiger partial charge < -0.3 is 19.1 Å². The zero-order valence-electron chi connectivity index (χ0n) is 18.3. The zero-order valence-corrected chi connectivity index (χ0v) is 18.3. The van der Waals surface area contributed by atoms with E-state index in [9.17, 15) is 9.59 Å². The Labute approximate surface area is 178 Å². The lowest BCUT2D eigenvalue weighted by molar-refractivity contribution is -0.136. The van der Waals surface area contributed by atoms with Crippen LogP contribution in [-0.4, -0.2) is 52.9 Å². The summed E-state index contributed by atoms with van der Waals surface area (Å²) in [5.41, 5.74) is 2.40. The highest BCUT2D eigenvalue weighted by Gasteiger charge is 2.29. The van der Waals surface area contributed by atoms with Crippen molar-refractivity contribution in [3.63, 3.8) is 0 Å². The van der Waals surface area contributed by atoms with Crippen LogP contribution in [0.5, 0.6) is 5.75 Å². The van der Waals surface area contributed by atoms with Crippen molar-refractivity contribution in [1.29, 1.82) is 0 Å². The van der Waals surface area contributed by atoms with Gasteiger partial charge in [-0.3, -0.25) is 9.59 Å². The Bertz CT molecular complexity index is 844. The van der Waals surface area contributed by atoms with E-state index >= 15 is 0 Å². The molecule has 0 atom stereocenters. The van der Waals surface area contributed by atoms with E-state index in [-0.39, 0.29) is 17.7 Å². The van der Waals surface area contributed by atoms with Gasteiger partial charge in [-0.05, 0) is 64.8 Å². The molecule has 1 aromatic carbocycles. The smallest absolute Gasteiger partial charge is 0.253 e. The van der Waals surface area contributed by atoms with Gasteiger partial charge in [0.15, 0.2) is 0 Å². The first-order valence-electron chi connectivity index (χ1n) is 10.7. The average Bonchev–Trinajstić information content (AvgIpc) is 3.10. The summed E-state index contributed by atoms with van der Waals surface area (Å²) in [4.78, 5) is 29.1. The van der Waals surface area contributed by atoms with Crippen molar-refractivity contribution in [1.82, 2.24) is 15.0 Å². The van der Waals surface area contributed by atoms with Crippen LogP contribution in [0, 0.1) is 19.8 Å². The molecule has 2 amide bonds. The first-order valence-corrected chi connectivity index (χ1v) is 10.7. The number of aryl methyl sites for hydroxylation is 2. The van der Waals surface area contributed by atoms with Crippen LogP contribution in [0.15, 0.2) is 28.8 Å². The Kier molecular flexibility index (Phi) is 7.13. The van der Waals surface area contributed by atoms with E-state index in [2.05, 4.69) is 5.16 Å². The maximum atomic E-state index is 12.8. The minimum absolute atomic E-state index is 0.000937. The molecule has 0 bridgehead atoms. The van der Waals surface area contributed by atoms with Crippen molar-refractivity contribution in [2.75, 3.05) is 26.2 Å². The third-order valence-corrected chi connectivity index (χ3v) is 5.87. The zero-order chi connectivity index (χ0) is 21.7.